The lowest BCUT2D eigenvalue weighted by Crippen LogP contribution is -2.41. The molecule has 2 aromatic heterocycles. The zero-order valence-corrected chi connectivity index (χ0v) is 22.7. The van der Waals surface area contributed by atoms with Crippen molar-refractivity contribution >= 4 is 29.0 Å². The van der Waals surface area contributed by atoms with Gasteiger partial charge in [-0.05, 0) is 53.0 Å². The second kappa shape index (κ2) is 9.95. The zero-order valence-electron chi connectivity index (χ0n) is 21.9. The Bertz CT molecular complexity index is 1270. The summed E-state index contributed by atoms with van der Waals surface area (Å²) in [5.74, 6) is -5.01. The third-order valence-corrected chi connectivity index (χ3v) is 7.92. The van der Waals surface area contributed by atoms with Crippen molar-refractivity contribution in [2.75, 3.05) is 18.4 Å². The maximum atomic E-state index is 14.3. The molecule has 2 aromatic rings. The molecule has 1 unspecified atom stereocenters. The first-order valence-corrected chi connectivity index (χ1v) is 13.3. The first kappa shape index (κ1) is 29.1. The number of pyridine rings is 1. The van der Waals surface area contributed by atoms with E-state index < -0.39 is 65.3 Å². The number of carbonyl (C=O) groups is 2. The molecule has 1 saturated heterocycles. The van der Waals surface area contributed by atoms with Crippen LogP contribution in [0, 0.1) is 0 Å². The fourth-order valence-electron chi connectivity index (χ4n) is 4.62. The van der Waals surface area contributed by atoms with E-state index in [1.807, 2.05) is 6.92 Å². The summed E-state index contributed by atoms with van der Waals surface area (Å²) in [5.41, 5.74) is -3.82. The largest absolute Gasteiger partial charge is 0.417 e. The Morgan fingerprint density at radius 3 is 2.44 bits per heavy atom. The van der Waals surface area contributed by atoms with Crippen molar-refractivity contribution in [3.8, 4) is 10.4 Å². The third-order valence-electron chi connectivity index (χ3n) is 6.84. The summed E-state index contributed by atoms with van der Waals surface area (Å²) in [4.78, 5) is 34.9. The van der Waals surface area contributed by atoms with E-state index in [1.165, 1.54) is 20.8 Å². The Kier molecular flexibility index (Phi) is 7.43. The zero-order chi connectivity index (χ0) is 29.0. The SMILES string of the molecule is CC1CC(F)(F)CN1C(=O)c1nc(C(=O)NCC(C)(C)O)sc1-c1cnc(NC2(C)CCC2)cc1C(F)(F)F. The van der Waals surface area contributed by atoms with Gasteiger partial charge >= 0.3 is 6.18 Å². The summed E-state index contributed by atoms with van der Waals surface area (Å²) >= 11 is 0.524. The van der Waals surface area contributed by atoms with Crippen LogP contribution in [0.3, 0.4) is 0 Å². The van der Waals surface area contributed by atoms with E-state index in [0.717, 1.165) is 36.4 Å². The minimum atomic E-state index is -4.86. The number of likely N-dealkylation sites (tertiary alicyclic amines) is 1. The molecule has 4 rings (SSSR count). The minimum Gasteiger partial charge on any atom is -0.389 e. The summed E-state index contributed by atoms with van der Waals surface area (Å²) in [5, 5.41) is 15.0. The molecular weight excluding hydrogens is 545 g/mol. The van der Waals surface area contributed by atoms with Gasteiger partial charge in [-0.25, -0.2) is 18.7 Å². The minimum absolute atomic E-state index is 0.00150. The van der Waals surface area contributed by atoms with E-state index in [2.05, 4.69) is 20.6 Å². The summed E-state index contributed by atoms with van der Waals surface area (Å²) in [7, 11) is 0. The second-order valence-corrected chi connectivity index (χ2v) is 12.2. The molecule has 2 aliphatic rings. The number of halogens is 5. The molecule has 1 atom stereocenters. The van der Waals surface area contributed by atoms with Crippen molar-refractivity contribution in [1.29, 1.82) is 0 Å². The molecular formula is C25H30F5N5O3S. The van der Waals surface area contributed by atoms with Gasteiger partial charge in [0, 0.05) is 36.3 Å². The molecule has 8 nitrogen and oxygen atoms in total. The van der Waals surface area contributed by atoms with Crippen molar-refractivity contribution in [2.45, 2.75) is 82.7 Å². The average Bonchev–Trinajstić information content (AvgIpc) is 3.35. The molecule has 0 spiro atoms. The highest BCUT2D eigenvalue weighted by molar-refractivity contribution is 7.17. The lowest BCUT2D eigenvalue weighted by Gasteiger charge is -2.39. The number of carbonyl (C=O) groups excluding carboxylic acids is 2. The Morgan fingerprint density at radius 2 is 1.92 bits per heavy atom. The fourth-order valence-corrected chi connectivity index (χ4v) is 5.61. The van der Waals surface area contributed by atoms with Crippen LogP contribution < -0.4 is 10.6 Å². The molecule has 2 amide bonds. The lowest BCUT2D eigenvalue weighted by atomic mass is 9.78. The topological polar surface area (TPSA) is 107 Å². The number of alkyl halides is 5. The monoisotopic (exact) mass is 575 g/mol. The third kappa shape index (κ3) is 6.48. The standard InChI is InChI=1S/C25H30F5N5O3S/c1-13-9-24(26,27)12-35(13)21(37)17-18(39-20(33-17)19(36)32-11-22(2,3)38)14-10-31-16(8-15(14)25(28,29)30)34-23(4)6-5-7-23/h8,10,13,38H,5-7,9,11-12H2,1-4H3,(H,31,34)(H,32,36). The van der Waals surface area contributed by atoms with Gasteiger partial charge in [0.25, 0.3) is 17.7 Å². The van der Waals surface area contributed by atoms with Crippen LogP contribution in [-0.4, -0.2) is 68.0 Å². The number of hydrogen-bond donors (Lipinski definition) is 3. The predicted octanol–water partition coefficient (Wildman–Crippen LogP) is 4.95. The van der Waals surface area contributed by atoms with Crippen LogP contribution in [0.15, 0.2) is 12.3 Å². The maximum absolute atomic E-state index is 14.3. The molecule has 3 heterocycles. The van der Waals surface area contributed by atoms with Crippen LogP contribution in [0.25, 0.3) is 10.4 Å². The number of nitrogens with zero attached hydrogens (tertiary/aromatic N) is 3. The normalized spacial score (nSPS) is 20.5. The molecule has 39 heavy (non-hydrogen) atoms. The predicted molar refractivity (Wildman–Crippen MR) is 135 cm³/mol. The molecule has 214 valence electrons. The smallest absolute Gasteiger partial charge is 0.389 e. The van der Waals surface area contributed by atoms with Gasteiger partial charge in [-0.1, -0.05) is 0 Å². The van der Waals surface area contributed by atoms with Crippen molar-refractivity contribution in [1.82, 2.24) is 20.2 Å². The Labute approximate surface area is 226 Å². The van der Waals surface area contributed by atoms with Gasteiger partial charge in [0.2, 0.25) is 0 Å². The van der Waals surface area contributed by atoms with Crippen LogP contribution in [0.4, 0.5) is 27.8 Å². The number of aromatic nitrogens is 2. The van der Waals surface area contributed by atoms with Crippen molar-refractivity contribution in [3.63, 3.8) is 0 Å². The summed E-state index contributed by atoms with van der Waals surface area (Å²) < 4.78 is 71.0. The van der Waals surface area contributed by atoms with E-state index in [9.17, 15) is 36.6 Å². The fraction of sp³-hybridized carbons (Fsp3) is 0.600. The molecule has 1 aliphatic carbocycles. The Morgan fingerprint density at radius 1 is 1.26 bits per heavy atom. The van der Waals surface area contributed by atoms with Crippen molar-refractivity contribution in [3.05, 3.63) is 28.5 Å². The van der Waals surface area contributed by atoms with E-state index in [-0.39, 0.29) is 27.8 Å². The summed E-state index contributed by atoms with van der Waals surface area (Å²) in [6.45, 7) is 5.04. The number of thiazole rings is 1. The number of nitrogens with one attached hydrogen (secondary N) is 2. The molecule has 0 bridgehead atoms. The number of anilines is 1. The van der Waals surface area contributed by atoms with E-state index >= 15 is 0 Å². The van der Waals surface area contributed by atoms with Gasteiger partial charge in [-0.3, -0.25) is 9.59 Å². The van der Waals surface area contributed by atoms with Gasteiger partial charge in [0.05, 0.1) is 22.6 Å². The highest BCUT2D eigenvalue weighted by Gasteiger charge is 2.47. The summed E-state index contributed by atoms with van der Waals surface area (Å²) in [6, 6.07) is -0.0578. The molecule has 1 saturated carbocycles. The first-order valence-electron chi connectivity index (χ1n) is 12.4. The Hall–Kier alpha value is -2.87. The molecule has 2 fully saturated rings. The number of amides is 2. The van der Waals surface area contributed by atoms with Crippen molar-refractivity contribution < 1.29 is 36.6 Å². The highest BCUT2D eigenvalue weighted by Crippen LogP contribution is 2.43. The Balaban J connectivity index is 1.79. The highest BCUT2D eigenvalue weighted by atomic mass is 32.1. The average molecular weight is 576 g/mol. The van der Waals surface area contributed by atoms with Gasteiger partial charge in [0.1, 0.15) is 11.5 Å². The molecule has 14 heteroatoms. The van der Waals surface area contributed by atoms with E-state index in [1.54, 1.807) is 0 Å². The van der Waals surface area contributed by atoms with Crippen LogP contribution >= 0.6 is 11.3 Å². The molecule has 0 aromatic carbocycles. The lowest BCUT2D eigenvalue weighted by molar-refractivity contribution is -0.137. The van der Waals surface area contributed by atoms with Crippen LogP contribution in [0.5, 0.6) is 0 Å². The molecule has 0 radical (unpaired) electrons. The maximum Gasteiger partial charge on any atom is 0.417 e. The van der Waals surface area contributed by atoms with E-state index in [4.69, 9.17) is 0 Å². The van der Waals surface area contributed by atoms with Gasteiger partial charge in [-0.2, -0.15) is 13.2 Å². The number of rotatable bonds is 7. The van der Waals surface area contributed by atoms with Gasteiger partial charge in [0.15, 0.2) is 5.01 Å². The van der Waals surface area contributed by atoms with Crippen LogP contribution in [-0.2, 0) is 6.18 Å². The number of hydrogen-bond acceptors (Lipinski definition) is 7. The van der Waals surface area contributed by atoms with Gasteiger partial charge < -0.3 is 20.6 Å². The molecule has 1 aliphatic heterocycles. The number of aliphatic hydroxyl groups is 1. The quantitative estimate of drug-likeness (QED) is 0.404. The first-order chi connectivity index (χ1) is 17.9. The van der Waals surface area contributed by atoms with E-state index in [0.29, 0.717) is 11.3 Å². The van der Waals surface area contributed by atoms with Crippen LogP contribution in [0.1, 0.15) is 79.2 Å². The van der Waals surface area contributed by atoms with Crippen LogP contribution in [0.2, 0.25) is 0 Å². The molecule has 3 N–H and O–H groups in total. The van der Waals surface area contributed by atoms with Crippen molar-refractivity contribution in [2.24, 2.45) is 0 Å². The second-order valence-electron chi connectivity index (χ2n) is 11.2. The summed E-state index contributed by atoms with van der Waals surface area (Å²) in [6.07, 6.45) is -2.03. The van der Waals surface area contributed by atoms with Gasteiger partial charge in [-0.15, -0.1) is 11.3 Å².